The Labute approximate surface area is 159 Å². The molecule has 144 valence electrons. The summed E-state index contributed by atoms with van der Waals surface area (Å²) in [7, 11) is 1.30. The molecule has 6 nitrogen and oxygen atoms in total. The third kappa shape index (κ3) is 4.10. The molecule has 2 aromatic rings. The molecule has 0 spiro atoms. The number of nitrogens with zero attached hydrogens (tertiary/aromatic N) is 1. The maximum absolute atomic E-state index is 13.2. The number of methoxy groups -OCH3 is 1. The van der Waals surface area contributed by atoms with Crippen LogP contribution in [-0.4, -0.2) is 47.2 Å². The van der Waals surface area contributed by atoms with Crippen LogP contribution >= 0.6 is 0 Å². The molecule has 1 atom stereocenters. The molecular weight excluding hydrogens is 344 g/mol. The molecule has 1 N–H and O–H groups in total. The molecule has 0 saturated carbocycles. The minimum absolute atomic E-state index is 0.183. The Balaban J connectivity index is 2.37. The highest BCUT2D eigenvalue weighted by Crippen LogP contribution is 2.23. The number of rotatable bonds is 7. The van der Waals surface area contributed by atoms with Gasteiger partial charge in [0.05, 0.1) is 13.2 Å². The van der Waals surface area contributed by atoms with Crippen LogP contribution < -0.4 is 0 Å². The molecule has 0 aliphatic heterocycles. The number of hydrogen-bond donors (Lipinski definition) is 1. The molecule has 0 bridgehead atoms. The van der Waals surface area contributed by atoms with Crippen molar-refractivity contribution in [2.45, 2.75) is 40.2 Å². The highest BCUT2D eigenvalue weighted by Gasteiger charge is 2.31. The lowest BCUT2D eigenvalue weighted by Crippen LogP contribution is -2.44. The minimum Gasteiger partial charge on any atom is -0.464 e. The smallest absolute Gasteiger partial charge is 0.354 e. The van der Waals surface area contributed by atoms with Gasteiger partial charge in [0.1, 0.15) is 5.69 Å². The van der Waals surface area contributed by atoms with Crippen LogP contribution in [0, 0.1) is 13.8 Å². The number of hydrogen-bond acceptors (Lipinski definition) is 4. The molecular formula is C21H26N2O4. The quantitative estimate of drug-likeness (QED) is 0.597. The second kappa shape index (κ2) is 8.66. The van der Waals surface area contributed by atoms with E-state index in [-0.39, 0.29) is 17.4 Å². The number of carbonyl (C=O) groups excluding carboxylic acids is 3. The Morgan fingerprint density at radius 1 is 1.15 bits per heavy atom. The summed E-state index contributed by atoms with van der Waals surface area (Å²) in [6, 6.07) is 8.27. The molecule has 1 aromatic carbocycles. The number of H-pyrrole nitrogens is 1. The van der Waals surface area contributed by atoms with E-state index in [4.69, 9.17) is 4.74 Å². The summed E-state index contributed by atoms with van der Waals surface area (Å²) in [6.07, 6.45) is 0.731. The lowest BCUT2D eigenvalue weighted by atomic mass is 9.99. The largest absolute Gasteiger partial charge is 0.464 e. The van der Waals surface area contributed by atoms with E-state index in [1.807, 2.05) is 13.0 Å². The first-order chi connectivity index (χ1) is 12.8. The minimum atomic E-state index is -0.656. The van der Waals surface area contributed by atoms with Gasteiger partial charge < -0.3 is 14.6 Å². The Morgan fingerprint density at radius 2 is 1.78 bits per heavy atom. The number of benzene rings is 1. The van der Waals surface area contributed by atoms with Gasteiger partial charge in [-0.1, -0.05) is 25.1 Å². The first kappa shape index (κ1) is 20.4. The predicted octanol–water partition coefficient (Wildman–Crippen LogP) is 3.54. The van der Waals surface area contributed by atoms with Crippen LogP contribution in [0.2, 0.25) is 0 Å². The zero-order chi connectivity index (χ0) is 20.1. The first-order valence-electron chi connectivity index (χ1n) is 9.01. The summed E-state index contributed by atoms with van der Waals surface area (Å²) < 4.78 is 4.76. The molecule has 1 aromatic heterocycles. The monoisotopic (exact) mass is 370 g/mol. The van der Waals surface area contributed by atoms with Crippen molar-refractivity contribution in [2.75, 3.05) is 13.7 Å². The van der Waals surface area contributed by atoms with Crippen LogP contribution in [-0.2, 0) is 4.74 Å². The zero-order valence-corrected chi connectivity index (χ0v) is 16.5. The van der Waals surface area contributed by atoms with Gasteiger partial charge in [-0.25, -0.2) is 4.79 Å². The van der Waals surface area contributed by atoms with Crippen molar-refractivity contribution in [3.05, 3.63) is 58.4 Å². The van der Waals surface area contributed by atoms with Gasteiger partial charge in [-0.05, 0) is 44.9 Å². The van der Waals surface area contributed by atoms with Gasteiger partial charge in [-0.3, -0.25) is 9.59 Å². The highest BCUT2D eigenvalue weighted by atomic mass is 16.5. The normalized spacial score (nSPS) is 11.7. The van der Waals surface area contributed by atoms with Crippen LogP contribution in [0.5, 0.6) is 0 Å². The maximum atomic E-state index is 13.2. The summed E-state index contributed by atoms with van der Waals surface area (Å²) in [4.78, 5) is 42.5. The fourth-order valence-corrected chi connectivity index (χ4v) is 3.23. The van der Waals surface area contributed by atoms with Crippen molar-refractivity contribution in [1.29, 1.82) is 0 Å². The highest BCUT2D eigenvalue weighted by molar-refractivity contribution is 6.07. The van der Waals surface area contributed by atoms with Gasteiger partial charge in [0.15, 0.2) is 5.78 Å². The maximum Gasteiger partial charge on any atom is 0.354 e. The molecule has 0 unspecified atom stereocenters. The SMILES string of the molecule is CCCN(C(=O)c1ccccc1)[C@H](C)C(=O)c1c(C)[nH]c(C(=O)OC)c1C. The molecule has 0 fully saturated rings. The lowest BCUT2D eigenvalue weighted by molar-refractivity contribution is 0.0592. The molecule has 6 heteroatoms. The van der Waals surface area contributed by atoms with E-state index in [1.54, 1.807) is 49.9 Å². The van der Waals surface area contributed by atoms with E-state index in [9.17, 15) is 14.4 Å². The average Bonchev–Trinajstić information content (AvgIpc) is 2.98. The molecule has 0 aliphatic carbocycles. The number of aromatic nitrogens is 1. The number of carbonyl (C=O) groups is 3. The molecule has 0 radical (unpaired) electrons. The number of aryl methyl sites for hydroxylation is 1. The summed E-state index contributed by atoms with van der Waals surface area (Å²) in [5.74, 6) is -0.903. The zero-order valence-electron chi connectivity index (χ0n) is 16.5. The standard InChI is InChI=1S/C21H26N2O4/c1-6-12-23(20(25)16-10-8-7-9-11-16)15(4)19(24)17-13(2)18(21(26)27-5)22-14(17)3/h7-11,15,22H,6,12H2,1-5H3/t15-/m1/s1. The average molecular weight is 370 g/mol. The van der Waals surface area contributed by atoms with Crippen molar-refractivity contribution >= 4 is 17.7 Å². The van der Waals surface area contributed by atoms with Gasteiger partial charge >= 0.3 is 5.97 Å². The van der Waals surface area contributed by atoms with Gasteiger partial charge in [-0.15, -0.1) is 0 Å². The second-order valence-corrected chi connectivity index (χ2v) is 6.52. The van der Waals surface area contributed by atoms with Crippen LogP contribution in [0.4, 0.5) is 0 Å². The molecule has 2 rings (SSSR count). The lowest BCUT2D eigenvalue weighted by Gasteiger charge is -2.28. The van der Waals surface area contributed by atoms with Crippen molar-refractivity contribution in [3.8, 4) is 0 Å². The summed E-state index contributed by atoms with van der Waals surface area (Å²) in [6.45, 7) is 7.60. The number of ether oxygens (including phenoxy) is 1. The van der Waals surface area contributed by atoms with Crippen molar-refractivity contribution in [1.82, 2.24) is 9.88 Å². The molecule has 0 aliphatic rings. The van der Waals surface area contributed by atoms with Crippen LogP contribution in [0.3, 0.4) is 0 Å². The fourth-order valence-electron chi connectivity index (χ4n) is 3.23. The third-order valence-corrected chi connectivity index (χ3v) is 4.67. The first-order valence-corrected chi connectivity index (χ1v) is 9.01. The summed E-state index contributed by atoms with van der Waals surface area (Å²) >= 11 is 0. The van der Waals surface area contributed by atoms with Gasteiger partial charge in [0.25, 0.3) is 5.91 Å². The topological polar surface area (TPSA) is 79.5 Å². The number of nitrogens with one attached hydrogen (secondary N) is 1. The van der Waals surface area contributed by atoms with Crippen LogP contribution in [0.15, 0.2) is 30.3 Å². The van der Waals surface area contributed by atoms with E-state index in [1.165, 1.54) is 7.11 Å². The Morgan fingerprint density at radius 3 is 2.33 bits per heavy atom. The number of aromatic amines is 1. The third-order valence-electron chi connectivity index (χ3n) is 4.67. The van der Waals surface area contributed by atoms with E-state index in [0.29, 0.717) is 28.9 Å². The van der Waals surface area contributed by atoms with Gasteiger partial charge in [-0.2, -0.15) is 0 Å². The number of esters is 1. The van der Waals surface area contributed by atoms with Crippen molar-refractivity contribution in [3.63, 3.8) is 0 Å². The Kier molecular flexibility index (Phi) is 6.55. The number of amides is 1. The Hall–Kier alpha value is -2.89. The van der Waals surface area contributed by atoms with Crippen molar-refractivity contribution in [2.24, 2.45) is 0 Å². The predicted molar refractivity (Wildman–Crippen MR) is 103 cm³/mol. The van der Waals surface area contributed by atoms with Crippen LogP contribution in [0.1, 0.15) is 62.7 Å². The van der Waals surface area contributed by atoms with Crippen LogP contribution in [0.25, 0.3) is 0 Å². The molecule has 0 saturated heterocycles. The fraction of sp³-hybridized carbons (Fsp3) is 0.381. The van der Waals surface area contributed by atoms with Crippen molar-refractivity contribution < 1.29 is 19.1 Å². The number of Topliss-reactive ketones (excluding diaryl/α,β-unsaturated/α-hetero) is 1. The van der Waals surface area contributed by atoms with E-state index < -0.39 is 12.0 Å². The molecule has 27 heavy (non-hydrogen) atoms. The second-order valence-electron chi connectivity index (χ2n) is 6.52. The van der Waals surface area contributed by atoms with E-state index >= 15 is 0 Å². The Bertz CT molecular complexity index is 839. The van der Waals surface area contributed by atoms with Gasteiger partial charge in [0, 0.05) is 23.4 Å². The van der Waals surface area contributed by atoms with E-state index in [0.717, 1.165) is 6.42 Å². The number of ketones is 1. The molecule has 1 amide bonds. The molecule has 1 heterocycles. The van der Waals surface area contributed by atoms with E-state index in [2.05, 4.69) is 4.98 Å². The summed E-state index contributed by atoms with van der Waals surface area (Å²) in [5, 5.41) is 0. The summed E-state index contributed by atoms with van der Waals surface area (Å²) in [5.41, 5.74) is 2.38. The van der Waals surface area contributed by atoms with Gasteiger partial charge in [0.2, 0.25) is 0 Å².